The molecule has 2 aliphatic carbocycles. The number of hydrogen-bond donors (Lipinski definition) is 2. The average molecular weight is 302 g/mol. The molecule has 3 rings (SSSR count). The average Bonchev–Trinajstić information content (AvgIpc) is 3.21. The zero-order valence-electron chi connectivity index (χ0n) is 13.1. The molecule has 120 valence electrons. The number of ether oxygens (including phenoxy) is 1. The first kappa shape index (κ1) is 15.3. The highest BCUT2D eigenvalue weighted by Crippen LogP contribution is 2.38. The van der Waals surface area contributed by atoms with Gasteiger partial charge in [-0.05, 0) is 62.8 Å². The molecule has 4 heteroatoms. The van der Waals surface area contributed by atoms with Crippen LogP contribution in [0, 0.1) is 5.41 Å². The summed E-state index contributed by atoms with van der Waals surface area (Å²) in [5, 5.41) is 3.02. The Morgan fingerprint density at radius 3 is 2.36 bits per heavy atom. The number of benzene rings is 1. The van der Waals surface area contributed by atoms with E-state index in [1.165, 1.54) is 12.8 Å². The summed E-state index contributed by atoms with van der Waals surface area (Å²) in [7, 11) is 0. The summed E-state index contributed by atoms with van der Waals surface area (Å²) in [6.07, 6.45) is 9.18. The summed E-state index contributed by atoms with van der Waals surface area (Å²) < 4.78 is 5.94. The third-order valence-electron chi connectivity index (χ3n) is 5.15. The molecule has 22 heavy (non-hydrogen) atoms. The van der Waals surface area contributed by atoms with Gasteiger partial charge in [-0.2, -0.15) is 0 Å². The maximum Gasteiger partial charge on any atom is 0.231 e. The normalized spacial score (nSPS) is 21.0. The monoisotopic (exact) mass is 302 g/mol. The number of carbonyl (C=O) groups is 1. The van der Waals surface area contributed by atoms with E-state index in [2.05, 4.69) is 5.32 Å². The summed E-state index contributed by atoms with van der Waals surface area (Å²) in [6.45, 7) is 0.432. The van der Waals surface area contributed by atoms with Gasteiger partial charge in [0.1, 0.15) is 5.75 Å². The number of anilines is 1. The summed E-state index contributed by atoms with van der Waals surface area (Å²) in [4.78, 5) is 12.5. The van der Waals surface area contributed by atoms with Crippen LogP contribution in [0.1, 0.15) is 51.4 Å². The van der Waals surface area contributed by atoms with Crippen molar-refractivity contribution in [2.75, 3.05) is 11.9 Å². The molecule has 2 fully saturated rings. The summed E-state index contributed by atoms with van der Waals surface area (Å²) in [6, 6.07) is 7.72. The van der Waals surface area contributed by atoms with Crippen molar-refractivity contribution in [1.29, 1.82) is 0 Å². The van der Waals surface area contributed by atoms with Crippen molar-refractivity contribution in [1.82, 2.24) is 0 Å². The molecule has 0 heterocycles. The minimum absolute atomic E-state index is 0.0666. The Kier molecular flexibility index (Phi) is 4.67. The molecule has 2 aliphatic rings. The Morgan fingerprint density at radius 1 is 1.14 bits per heavy atom. The number of hydrogen-bond acceptors (Lipinski definition) is 3. The molecule has 0 bridgehead atoms. The lowest BCUT2D eigenvalue weighted by Gasteiger charge is -2.25. The summed E-state index contributed by atoms with van der Waals surface area (Å²) in [5.74, 6) is 0.955. The Morgan fingerprint density at radius 2 is 1.77 bits per heavy atom. The minimum atomic E-state index is -0.362. The molecule has 0 atom stereocenters. The number of rotatable bonds is 5. The van der Waals surface area contributed by atoms with Crippen LogP contribution in [0.2, 0.25) is 0 Å². The first-order valence-corrected chi connectivity index (χ1v) is 8.50. The Hall–Kier alpha value is -1.55. The number of carbonyl (C=O) groups excluding carboxylic acids is 1. The summed E-state index contributed by atoms with van der Waals surface area (Å²) >= 11 is 0. The predicted molar refractivity (Wildman–Crippen MR) is 87.9 cm³/mol. The van der Waals surface area contributed by atoms with Crippen molar-refractivity contribution in [3.8, 4) is 5.75 Å². The van der Waals surface area contributed by atoms with E-state index in [-0.39, 0.29) is 11.3 Å². The molecule has 3 N–H and O–H groups in total. The molecule has 2 saturated carbocycles. The van der Waals surface area contributed by atoms with Gasteiger partial charge < -0.3 is 15.8 Å². The maximum absolute atomic E-state index is 12.5. The predicted octanol–water partition coefficient (Wildman–Crippen LogP) is 3.47. The van der Waals surface area contributed by atoms with Crippen molar-refractivity contribution < 1.29 is 9.53 Å². The zero-order valence-corrected chi connectivity index (χ0v) is 13.1. The van der Waals surface area contributed by atoms with Crippen LogP contribution in [0.15, 0.2) is 24.3 Å². The Labute approximate surface area is 132 Å². The molecule has 1 aromatic rings. The molecule has 0 unspecified atom stereocenters. The van der Waals surface area contributed by atoms with Crippen LogP contribution in [0.4, 0.5) is 5.69 Å². The molecular formula is C18H26N2O2. The fraction of sp³-hybridized carbons (Fsp3) is 0.611. The molecule has 1 amide bonds. The third-order valence-corrected chi connectivity index (χ3v) is 5.15. The topological polar surface area (TPSA) is 64.4 Å². The molecule has 4 nitrogen and oxygen atoms in total. The van der Waals surface area contributed by atoms with E-state index < -0.39 is 0 Å². The summed E-state index contributed by atoms with van der Waals surface area (Å²) in [5.41, 5.74) is 6.32. The smallest absolute Gasteiger partial charge is 0.231 e. The van der Waals surface area contributed by atoms with Crippen LogP contribution in [-0.4, -0.2) is 18.6 Å². The molecule has 1 aromatic carbocycles. The Bertz CT molecular complexity index is 500. The standard InChI is InChI=1S/C18H26N2O2/c19-13-18(11-3-4-12-18)17(21)20-14-7-9-16(10-8-14)22-15-5-1-2-6-15/h7-10,15H,1-6,11-13,19H2,(H,20,21). The minimum Gasteiger partial charge on any atom is -0.490 e. The zero-order chi connectivity index (χ0) is 15.4. The highest BCUT2D eigenvalue weighted by Gasteiger charge is 2.39. The number of amides is 1. The van der Waals surface area contributed by atoms with Crippen LogP contribution in [-0.2, 0) is 4.79 Å². The number of nitrogens with two attached hydrogens (primary N) is 1. The quantitative estimate of drug-likeness (QED) is 0.875. The van der Waals surface area contributed by atoms with Gasteiger partial charge in [-0.25, -0.2) is 0 Å². The van der Waals surface area contributed by atoms with Gasteiger partial charge in [0.25, 0.3) is 0 Å². The first-order chi connectivity index (χ1) is 10.7. The van der Waals surface area contributed by atoms with Crippen molar-refractivity contribution in [2.45, 2.75) is 57.5 Å². The van der Waals surface area contributed by atoms with Gasteiger partial charge in [-0.1, -0.05) is 12.8 Å². The molecular weight excluding hydrogens is 276 g/mol. The van der Waals surface area contributed by atoms with Gasteiger partial charge in [-0.3, -0.25) is 4.79 Å². The highest BCUT2D eigenvalue weighted by molar-refractivity contribution is 5.95. The van der Waals surface area contributed by atoms with Crippen LogP contribution in [0.3, 0.4) is 0 Å². The lowest BCUT2D eigenvalue weighted by atomic mass is 9.85. The van der Waals surface area contributed by atoms with Gasteiger partial charge >= 0.3 is 0 Å². The second-order valence-electron chi connectivity index (χ2n) is 6.69. The van der Waals surface area contributed by atoms with E-state index in [9.17, 15) is 4.79 Å². The van der Waals surface area contributed by atoms with Gasteiger partial charge in [0.15, 0.2) is 0 Å². The van der Waals surface area contributed by atoms with Crippen LogP contribution < -0.4 is 15.8 Å². The lowest BCUT2D eigenvalue weighted by molar-refractivity contribution is -0.124. The van der Waals surface area contributed by atoms with E-state index in [4.69, 9.17) is 10.5 Å². The van der Waals surface area contributed by atoms with E-state index >= 15 is 0 Å². The molecule has 0 aromatic heterocycles. The third kappa shape index (κ3) is 3.27. The largest absolute Gasteiger partial charge is 0.490 e. The fourth-order valence-electron chi connectivity index (χ4n) is 3.65. The number of nitrogens with one attached hydrogen (secondary N) is 1. The molecule has 0 spiro atoms. The molecule has 0 saturated heterocycles. The molecule has 0 radical (unpaired) electrons. The second kappa shape index (κ2) is 6.69. The SMILES string of the molecule is NCC1(C(=O)Nc2ccc(OC3CCCC3)cc2)CCCC1. The van der Waals surface area contributed by atoms with Crippen molar-refractivity contribution in [3.63, 3.8) is 0 Å². The second-order valence-corrected chi connectivity index (χ2v) is 6.69. The lowest BCUT2D eigenvalue weighted by Crippen LogP contribution is -2.40. The van der Waals surface area contributed by atoms with E-state index in [1.807, 2.05) is 24.3 Å². The van der Waals surface area contributed by atoms with E-state index in [0.717, 1.165) is 50.0 Å². The van der Waals surface area contributed by atoms with Crippen LogP contribution in [0.5, 0.6) is 5.75 Å². The van der Waals surface area contributed by atoms with Gasteiger partial charge in [0.05, 0.1) is 11.5 Å². The highest BCUT2D eigenvalue weighted by atomic mass is 16.5. The first-order valence-electron chi connectivity index (χ1n) is 8.50. The van der Waals surface area contributed by atoms with Crippen molar-refractivity contribution >= 4 is 11.6 Å². The molecule has 0 aliphatic heterocycles. The van der Waals surface area contributed by atoms with Gasteiger partial charge in [-0.15, -0.1) is 0 Å². The van der Waals surface area contributed by atoms with Gasteiger partial charge in [0.2, 0.25) is 5.91 Å². The maximum atomic E-state index is 12.5. The van der Waals surface area contributed by atoms with E-state index in [0.29, 0.717) is 12.6 Å². The Balaban J connectivity index is 1.59. The fourth-order valence-corrected chi connectivity index (χ4v) is 3.65. The van der Waals surface area contributed by atoms with Crippen molar-refractivity contribution in [2.24, 2.45) is 11.1 Å². The van der Waals surface area contributed by atoms with E-state index in [1.54, 1.807) is 0 Å². The van der Waals surface area contributed by atoms with Crippen LogP contribution in [0.25, 0.3) is 0 Å². The van der Waals surface area contributed by atoms with Crippen LogP contribution >= 0.6 is 0 Å². The van der Waals surface area contributed by atoms with Crippen molar-refractivity contribution in [3.05, 3.63) is 24.3 Å². The van der Waals surface area contributed by atoms with Gasteiger partial charge in [0, 0.05) is 12.2 Å².